The molecule has 0 aliphatic rings. The van der Waals surface area contributed by atoms with E-state index in [1.807, 2.05) is 41.5 Å². The molecule has 0 unspecified atom stereocenters. The summed E-state index contributed by atoms with van der Waals surface area (Å²) in [4.78, 5) is 16.4. The standard InChI is InChI=1S/C21H31N3O5S/c1-12-13(2)15(4)19(16(5)14(12)3)30(26,27)22-10-9-18(25)28-11-17-23-20(24-29-17)21(6,7)8/h22H,9-11H2,1-8H3. The number of hydrogen-bond donors (Lipinski definition) is 1. The molecule has 166 valence electrons. The van der Waals surface area contributed by atoms with Crippen molar-refractivity contribution in [1.82, 2.24) is 14.9 Å². The van der Waals surface area contributed by atoms with Crippen molar-refractivity contribution in [1.29, 1.82) is 0 Å². The van der Waals surface area contributed by atoms with Crippen molar-refractivity contribution in [2.75, 3.05) is 6.54 Å². The molecule has 2 rings (SSSR count). The van der Waals surface area contributed by atoms with Crippen molar-refractivity contribution in [3.05, 3.63) is 39.5 Å². The van der Waals surface area contributed by atoms with Crippen molar-refractivity contribution >= 4 is 16.0 Å². The van der Waals surface area contributed by atoms with Gasteiger partial charge < -0.3 is 9.26 Å². The number of nitrogens with zero attached hydrogens (tertiary/aromatic N) is 2. The van der Waals surface area contributed by atoms with Crippen molar-refractivity contribution in [2.24, 2.45) is 0 Å². The molecule has 1 aromatic heterocycles. The van der Waals surface area contributed by atoms with Gasteiger partial charge in [0.2, 0.25) is 10.0 Å². The summed E-state index contributed by atoms with van der Waals surface area (Å²) >= 11 is 0. The molecule has 0 amide bonds. The van der Waals surface area contributed by atoms with Crippen LogP contribution in [0.2, 0.25) is 0 Å². The first-order chi connectivity index (χ1) is 13.8. The van der Waals surface area contributed by atoms with Crippen LogP contribution in [-0.2, 0) is 31.6 Å². The van der Waals surface area contributed by atoms with E-state index in [9.17, 15) is 13.2 Å². The zero-order valence-corrected chi connectivity index (χ0v) is 19.8. The third kappa shape index (κ3) is 5.26. The Labute approximate surface area is 178 Å². The number of carbonyl (C=O) groups is 1. The molecule has 1 aromatic carbocycles. The number of aromatic nitrogens is 2. The Morgan fingerprint density at radius 3 is 2.03 bits per heavy atom. The molecule has 2 aromatic rings. The molecule has 8 nitrogen and oxygen atoms in total. The summed E-state index contributed by atoms with van der Waals surface area (Å²) in [6.45, 7) is 15.0. The monoisotopic (exact) mass is 437 g/mol. The van der Waals surface area contributed by atoms with E-state index in [4.69, 9.17) is 9.26 Å². The third-order valence-electron chi connectivity index (χ3n) is 5.32. The van der Waals surface area contributed by atoms with Crippen LogP contribution in [0.5, 0.6) is 0 Å². The second kappa shape index (κ2) is 8.85. The lowest BCUT2D eigenvalue weighted by Gasteiger charge is -2.19. The summed E-state index contributed by atoms with van der Waals surface area (Å²) in [6.07, 6.45) is -0.110. The first-order valence-electron chi connectivity index (χ1n) is 9.81. The van der Waals surface area contributed by atoms with Crippen LogP contribution < -0.4 is 4.72 Å². The van der Waals surface area contributed by atoms with Crippen LogP contribution in [0.25, 0.3) is 0 Å². The predicted molar refractivity (Wildman–Crippen MR) is 113 cm³/mol. The number of benzene rings is 1. The number of hydrogen-bond acceptors (Lipinski definition) is 7. The van der Waals surface area contributed by atoms with E-state index in [2.05, 4.69) is 14.9 Å². The van der Waals surface area contributed by atoms with Gasteiger partial charge in [-0.05, 0) is 62.4 Å². The van der Waals surface area contributed by atoms with Crippen LogP contribution in [0.3, 0.4) is 0 Å². The minimum absolute atomic E-state index is 0.0664. The molecule has 0 fully saturated rings. The first-order valence-corrected chi connectivity index (χ1v) is 11.3. The maximum absolute atomic E-state index is 12.9. The third-order valence-corrected chi connectivity index (χ3v) is 7.05. The Balaban J connectivity index is 1.96. The van der Waals surface area contributed by atoms with Crippen LogP contribution >= 0.6 is 0 Å². The summed E-state index contributed by atoms with van der Waals surface area (Å²) < 4.78 is 38.4. The molecular weight excluding hydrogens is 406 g/mol. The minimum Gasteiger partial charge on any atom is -0.456 e. The second-order valence-corrected chi connectivity index (χ2v) is 10.2. The van der Waals surface area contributed by atoms with Crippen molar-refractivity contribution in [3.63, 3.8) is 0 Å². The van der Waals surface area contributed by atoms with Gasteiger partial charge >= 0.3 is 5.97 Å². The maximum atomic E-state index is 12.9. The lowest BCUT2D eigenvalue weighted by atomic mass is 9.95. The number of sulfonamides is 1. The molecule has 9 heteroatoms. The van der Waals surface area contributed by atoms with Crippen molar-refractivity contribution in [2.45, 2.75) is 78.7 Å². The Morgan fingerprint density at radius 1 is 1.00 bits per heavy atom. The highest BCUT2D eigenvalue weighted by molar-refractivity contribution is 7.89. The minimum atomic E-state index is -3.76. The van der Waals surface area contributed by atoms with Gasteiger partial charge in [0, 0.05) is 12.0 Å². The summed E-state index contributed by atoms with van der Waals surface area (Å²) in [5.41, 5.74) is 4.16. The van der Waals surface area contributed by atoms with Crippen molar-refractivity contribution < 1.29 is 22.5 Å². The van der Waals surface area contributed by atoms with E-state index in [1.54, 1.807) is 13.8 Å². The molecule has 1 heterocycles. The average Bonchev–Trinajstić information content (AvgIpc) is 3.12. The Kier molecular flexibility index (Phi) is 7.08. The lowest BCUT2D eigenvalue weighted by Crippen LogP contribution is -2.28. The van der Waals surface area contributed by atoms with Crippen LogP contribution in [0.4, 0.5) is 0 Å². The SMILES string of the molecule is Cc1c(C)c(C)c(S(=O)(=O)NCCC(=O)OCc2nc(C(C)(C)C)no2)c(C)c1C. The second-order valence-electron chi connectivity index (χ2n) is 8.52. The number of esters is 1. The topological polar surface area (TPSA) is 111 Å². The van der Waals surface area contributed by atoms with Crippen LogP contribution in [0.1, 0.15) is 66.7 Å². The highest BCUT2D eigenvalue weighted by Crippen LogP contribution is 2.29. The zero-order chi connectivity index (χ0) is 22.9. The van der Waals surface area contributed by atoms with E-state index in [0.717, 1.165) is 27.8 Å². The van der Waals surface area contributed by atoms with Crippen LogP contribution in [0, 0.1) is 34.6 Å². The lowest BCUT2D eigenvalue weighted by molar-refractivity contribution is -0.145. The highest BCUT2D eigenvalue weighted by atomic mass is 32.2. The quantitative estimate of drug-likeness (QED) is 0.661. The fraction of sp³-hybridized carbons (Fsp3) is 0.571. The number of carbonyl (C=O) groups excluding carboxylic acids is 1. The molecule has 0 radical (unpaired) electrons. The highest BCUT2D eigenvalue weighted by Gasteiger charge is 2.24. The van der Waals surface area contributed by atoms with Gasteiger partial charge in [-0.15, -0.1) is 0 Å². The van der Waals surface area contributed by atoms with Gasteiger partial charge in [-0.25, -0.2) is 13.1 Å². The fourth-order valence-corrected chi connectivity index (χ4v) is 4.69. The normalized spacial score (nSPS) is 12.3. The Hall–Kier alpha value is -2.26. The van der Waals surface area contributed by atoms with Gasteiger partial charge in [-0.3, -0.25) is 4.79 Å². The number of rotatable bonds is 7. The van der Waals surface area contributed by atoms with Crippen LogP contribution in [-0.4, -0.2) is 31.1 Å². The summed E-state index contributed by atoms with van der Waals surface area (Å²) in [7, 11) is -3.76. The molecule has 0 saturated heterocycles. The molecule has 0 aliphatic heterocycles. The summed E-state index contributed by atoms with van der Waals surface area (Å²) in [5, 5.41) is 3.86. The smallest absolute Gasteiger partial charge is 0.307 e. The summed E-state index contributed by atoms with van der Waals surface area (Å²) in [5.74, 6) is 0.166. The molecule has 0 spiro atoms. The molecular formula is C21H31N3O5S. The summed E-state index contributed by atoms with van der Waals surface area (Å²) in [6, 6.07) is 0. The van der Waals surface area contributed by atoms with Gasteiger partial charge in [0.25, 0.3) is 5.89 Å². The van der Waals surface area contributed by atoms with Gasteiger partial charge in [-0.2, -0.15) is 4.98 Å². The van der Waals surface area contributed by atoms with Gasteiger partial charge in [0.15, 0.2) is 12.4 Å². The number of ether oxygens (including phenoxy) is 1. The first kappa shape index (κ1) is 24.0. The average molecular weight is 438 g/mol. The molecule has 30 heavy (non-hydrogen) atoms. The predicted octanol–water partition coefficient (Wildman–Crippen LogP) is 3.32. The van der Waals surface area contributed by atoms with Crippen molar-refractivity contribution in [3.8, 4) is 0 Å². The zero-order valence-electron chi connectivity index (χ0n) is 19.0. The molecule has 0 saturated carbocycles. The van der Waals surface area contributed by atoms with E-state index in [0.29, 0.717) is 5.82 Å². The van der Waals surface area contributed by atoms with E-state index in [1.165, 1.54) is 0 Å². The number of nitrogens with one attached hydrogen (secondary N) is 1. The van der Waals surface area contributed by atoms with Crippen LogP contribution in [0.15, 0.2) is 9.42 Å². The molecule has 0 atom stereocenters. The van der Waals surface area contributed by atoms with Gasteiger partial charge in [0.05, 0.1) is 11.3 Å². The van der Waals surface area contributed by atoms with E-state index < -0.39 is 16.0 Å². The molecule has 0 bridgehead atoms. The van der Waals surface area contributed by atoms with E-state index in [-0.39, 0.29) is 35.8 Å². The largest absolute Gasteiger partial charge is 0.456 e. The molecule has 0 aliphatic carbocycles. The Morgan fingerprint density at radius 2 is 1.53 bits per heavy atom. The van der Waals surface area contributed by atoms with Gasteiger partial charge in [0.1, 0.15) is 0 Å². The van der Waals surface area contributed by atoms with E-state index >= 15 is 0 Å². The maximum Gasteiger partial charge on any atom is 0.307 e. The van der Waals surface area contributed by atoms with Gasteiger partial charge in [-0.1, -0.05) is 25.9 Å². The Bertz CT molecular complexity index is 1020. The molecule has 1 N–H and O–H groups in total. The fourth-order valence-electron chi connectivity index (χ4n) is 3.06.